The first-order chi connectivity index (χ1) is 6.34. The van der Waals surface area contributed by atoms with Crippen molar-refractivity contribution in [2.24, 2.45) is 5.73 Å². The fourth-order valence-electron chi connectivity index (χ4n) is 2.04. The number of hydrogen-bond donors (Lipinski definition) is 1. The highest BCUT2D eigenvalue weighted by Crippen LogP contribution is 2.41. The minimum absolute atomic E-state index is 0.403. The van der Waals surface area contributed by atoms with Crippen LogP contribution >= 0.6 is 0 Å². The maximum absolute atomic E-state index is 5.81. The number of fused-ring (bicyclic) bond motifs is 1. The monoisotopic (exact) mass is 175 g/mol. The molecule has 1 aliphatic carbocycles. The smallest absolute Gasteiger partial charge is 0.122 e. The molecule has 2 unspecified atom stereocenters. The molecule has 0 radical (unpaired) electrons. The predicted octanol–water partition coefficient (Wildman–Crippen LogP) is 1.44. The first-order valence-electron chi connectivity index (χ1n) is 4.86. The van der Waals surface area contributed by atoms with Gasteiger partial charge in [0.2, 0.25) is 0 Å². The van der Waals surface area contributed by atoms with Crippen LogP contribution in [0.25, 0.3) is 0 Å². The summed E-state index contributed by atoms with van der Waals surface area (Å²) in [5.41, 5.74) is 8.57. The van der Waals surface area contributed by atoms with Crippen molar-refractivity contribution in [2.45, 2.75) is 24.8 Å². The molecule has 0 bridgehead atoms. The van der Waals surface area contributed by atoms with E-state index < -0.39 is 0 Å². The predicted molar refractivity (Wildman–Crippen MR) is 51.0 cm³/mol. The van der Waals surface area contributed by atoms with Crippen LogP contribution < -0.4 is 10.5 Å². The molecule has 1 heterocycles. The van der Waals surface area contributed by atoms with Crippen molar-refractivity contribution < 1.29 is 4.74 Å². The second-order valence-corrected chi connectivity index (χ2v) is 3.97. The Morgan fingerprint density at radius 2 is 2.23 bits per heavy atom. The zero-order valence-corrected chi connectivity index (χ0v) is 7.49. The molecule has 2 atom stereocenters. The van der Waals surface area contributed by atoms with Gasteiger partial charge in [-0.15, -0.1) is 0 Å². The van der Waals surface area contributed by atoms with Gasteiger partial charge < -0.3 is 10.5 Å². The van der Waals surface area contributed by atoms with Crippen LogP contribution in [0.4, 0.5) is 0 Å². The van der Waals surface area contributed by atoms with Crippen molar-refractivity contribution in [1.29, 1.82) is 0 Å². The summed E-state index contributed by atoms with van der Waals surface area (Å²) in [6, 6.07) is 6.91. The minimum atomic E-state index is 0.403. The van der Waals surface area contributed by atoms with Gasteiger partial charge in [0.1, 0.15) is 5.75 Å². The molecular formula is C11H13NO. The molecule has 2 nitrogen and oxygen atoms in total. The molecule has 1 aromatic carbocycles. The van der Waals surface area contributed by atoms with E-state index in [1.807, 2.05) is 0 Å². The van der Waals surface area contributed by atoms with Crippen LogP contribution in [0.15, 0.2) is 18.2 Å². The van der Waals surface area contributed by atoms with Crippen molar-refractivity contribution >= 4 is 0 Å². The number of nitrogens with two attached hydrogens (primary N) is 1. The van der Waals surface area contributed by atoms with Crippen LogP contribution in [0, 0.1) is 0 Å². The lowest BCUT2D eigenvalue weighted by Gasteiger charge is -2.02. The summed E-state index contributed by atoms with van der Waals surface area (Å²) >= 11 is 0. The number of ether oxygens (including phenoxy) is 1. The van der Waals surface area contributed by atoms with E-state index >= 15 is 0 Å². The minimum Gasteiger partial charge on any atom is -0.493 e. The van der Waals surface area contributed by atoms with E-state index in [1.54, 1.807) is 0 Å². The Bertz CT molecular complexity index is 348. The maximum Gasteiger partial charge on any atom is 0.122 e. The molecule has 2 aliphatic rings. The molecule has 2 N–H and O–H groups in total. The quantitative estimate of drug-likeness (QED) is 0.701. The van der Waals surface area contributed by atoms with E-state index in [0.717, 1.165) is 25.2 Å². The highest BCUT2D eigenvalue weighted by Gasteiger charge is 2.35. The largest absolute Gasteiger partial charge is 0.493 e. The van der Waals surface area contributed by atoms with Crippen molar-refractivity contribution in [1.82, 2.24) is 0 Å². The van der Waals surface area contributed by atoms with E-state index in [2.05, 4.69) is 18.2 Å². The molecule has 3 rings (SSSR count). The average molecular weight is 175 g/mol. The molecule has 68 valence electrons. The molecular weight excluding hydrogens is 162 g/mol. The molecule has 1 aromatic rings. The standard InChI is InChI=1S/C11H13NO/c12-10-6-9(10)7-1-2-11-8(5-7)3-4-13-11/h1-2,5,9-10H,3-4,6,12H2. The van der Waals surface area contributed by atoms with Crippen LogP contribution in [-0.4, -0.2) is 12.6 Å². The molecule has 0 aromatic heterocycles. The van der Waals surface area contributed by atoms with E-state index in [9.17, 15) is 0 Å². The Morgan fingerprint density at radius 1 is 1.38 bits per heavy atom. The van der Waals surface area contributed by atoms with Gasteiger partial charge in [-0.25, -0.2) is 0 Å². The van der Waals surface area contributed by atoms with Crippen molar-refractivity contribution in [3.63, 3.8) is 0 Å². The topological polar surface area (TPSA) is 35.2 Å². The Labute approximate surface area is 77.7 Å². The van der Waals surface area contributed by atoms with Crippen LogP contribution in [-0.2, 0) is 6.42 Å². The number of benzene rings is 1. The Balaban J connectivity index is 1.96. The normalized spacial score (nSPS) is 29.6. The van der Waals surface area contributed by atoms with E-state index in [1.165, 1.54) is 11.1 Å². The zero-order chi connectivity index (χ0) is 8.84. The highest BCUT2D eigenvalue weighted by molar-refractivity contribution is 5.42. The lowest BCUT2D eigenvalue weighted by molar-refractivity contribution is 0.357. The van der Waals surface area contributed by atoms with Gasteiger partial charge in [-0.05, 0) is 23.6 Å². The second kappa shape index (κ2) is 2.48. The third-order valence-electron chi connectivity index (χ3n) is 2.98. The van der Waals surface area contributed by atoms with Gasteiger partial charge in [0.25, 0.3) is 0 Å². The SMILES string of the molecule is NC1CC1c1ccc2c(c1)CCO2. The van der Waals surface area contributed by atoms with Crippen LogP contribution in [0.2, 0.25) is 0 Å². The molecule has 0 amide bonds. The molecule has 0 saturated heterocycles. The Kier molecular flexibility index (Phi) is 1.41. The maximum atomic E-state index is 5.81. The van der Waals surface area contributed by atoms with Gasteiger partial charge in [0.15, 0.2) is 0 Å². The van der Waals surface area contributed by atoms with Gasteiger partial charge in [-0.2, -0.15) is 0 Å². The van der Waals surface area contributed by atoms with E-state index in [-0.39, 0.29) is 0 Å². The average Bonchev–Trinajstić information content (AvgIpc) is 2.70. The number of rotatable bonds is 1. The van der Waals surface area contributed by atoms with Gasteiger partial charge in [0.05, 0.1) is 6.61 Å². The summed E-state index contributed by atoms with van der Waals surface area (Å²) < 4.78 is 5.45. The zero-order valence-electron chi connectivity index (χ0n) is 7.49. The van der Waals surface area contributed by atoms with E-state index in [4.69, 9.17) is 10.5 Å². The molecule has 1 aliphatic heterocycles. The van der Waals surface area contributed by atoms with Crippen LogP contribution in [0.1, 0.15) is 23.5 Å². The number of hydrogen-bond acceptors (Lipinski definition) is 2. The second-order valence-electron chi connectivity index (χ2n) is 3.97. The molecule has 1 fully saturated rings. The highest BCUT2D eigenvalue weighted by atomic mass is 16.5. The van der Waals surface area contributed by atoms with Crippen molar-refractivity contribution in [3.05, 3.63) is 29.3 Å². The Morgan fingerprint density at radius 3 is 3.00 bits per heavy atom. The first kappa shape index (κ1) is 7.39. The lowest BCUT2D eigenvalue weighted by atomic mass is 10.1. The Hall–Kier alpha value is -1.02. The first-order valence-corrected chi connectivity index (χ1v) is 4.86. The van der Waals surface area contributed by atoms with E-state index in [0.29, 0.717) is 12.0 Å². The van der Waals surface area contributed by atoms with Crippen LogP contribution in [0.5, 0.6) is 5.75 Å². The molecule has 13 heavy (non-hydrogen) atoms. The van der Waals surface area contributed by atoms with Gasteiger partial charge in [0, 0.05) is 18.4 Å². The van der Waals surface area contributed by atoms with Gasteiger partial charge in [-0.1, -0.05) is 12.1 Å². The summed E-state index contributed by atoms with van der Waals surface area (Å²) in [6.45, 7) is 0.843. The summed E-state index contributed by atoms with van der Waals surface area (Å²) in [5.74, 6) is 1.68. The van der Waals surface area contributed by atoms with Gasteiger partial charge >= 0.3 is 0 Å². The van der Waals surface area contributed by atoms with Crippen molar-refractivity contribution in [3.8, 4) is 5.75 Å². The summed E-state index contributed by atoms with van der Waals surface area (Å²) in [5, 5.41) is 0. The summed E-state index contributed by atoms with van der Waals surface area (Å²) in [7, 11) is 0. The summed E-state index contributed by atoms with van der Waals surface area (Å²) in [4.78, 5) is 0. The molecule has 2 heteroatoms. The lowest BCUT2D eigenvalue weighted by Crippen LogP contribution is -2.00. The summed E-state index contributed by atoms with van der Waals surface area (Å²) in [6.07, 6.45) is 2.21. The molecule has 1 saturated carbocycles. The third kappa shape index (κ3) is 1.13. The molecule has 0 spiro atoms. The fourth-order valence-corrected chi connectivity index (χ4v) is 2.04. The third-order valence-corrected chi connectivity index (χ3v) is 2.98. The van der Waals surface area contributed by atoms with Gasteiger partial charge in [-0.3, -0.25) is 0 Å². The van der Waals surface area contributed by atoms with Crippen LogP contribution in [0.3, 0.4) is 0 Å². The fraction of sp³-hybridized carbons (Fsp3) is 0.455. The van der Waals surface area contributed by atoms with Crippen molar-refractivity contribution in [2.75, 3.05) is 6.61 Å².